The molecule has 5 heteroatoms. The van der Waals surface area contributed by atoms with Crippen molar-refractivity contribution in [2.45, 2.75) is 6.61 Å². The summed E-state index contributed by atoms with van der Waals surface area (Å²) in [5, 5.41) is 2.63. The highest BCUT2D eigenvalue weighted by Crippen LogP contribution is 2.14. The van der Waals surface area contributed by atoms with E-state index in [-0.39, 0.29) is 12.3 Å². The molecule has 0 fully saturated rings. The Balaban J connectivity index is 1.75. The molecule has 0 spiro atoms. The summed E-state index contributed by atoms with van der Waals surface area (Å²) >= 11 is 0. The average Bonchev–Trinajstić information content (AvgIpc) is 2.82. The molecular weight excluding hydrogens is 390 g/mol. The molecule has 3 aromatic rings. The van der Waals surface area contributed by atoms with E-state index in [2.05, 4.69) is 5.32 Å². The number of rotatable bonds is 8. The normalized spacial score (nSPS) is 11.2. The fourth-order valence-corrected chi connectivity index (χ4v) is 2.72. The zero-order chi connectivity index (χ0) is 21.9. The van der Waals surface area contributed by atoms with Gasteiger partial charge < -0.3 is 14.8 Å². The van der Waals surface area contributed by atoms with Crippen molar-refractivity contribution in [1.29, 1.82) is 0 Å². The molecule has 31 heavy (non-hydrogen) atoms. The number of benzene rings is 3. The topological polar surface area (TPSA) is 64.6 Å². The van der Waals surface area contributed by atoms with E-state index in [9.17, 15) is 9.59 Å². The van der Waals surface area contributed by atoms with Crippen LogP contribution in [0.15, 0.2) is 96.7 Å². The van der Waals surface area contributed by atoms with Crippen molar-refractivity contribution in [2.24, 2.45) is 0 Å². The summed E-state index contributed by atoms with van der Waals surface area (Å²) in [5.41, 5.74) is 2.50. The minimum absolute atomic E-state index is 0.0452. The molecule has 5 nitrogen and oxygen atoms in total. The van der Waals surface area contributed by atoms with Crippen LogP contribution >= 0.6 is 0 Å². The van der Waals surface area contributed by atoms with Gasteiger partial charge in [-0.05, 0) is 41.0 Å². The van der Waals surface area contributed by atoms with Gasteiger partial charge in [0.25, 0.3) is 0 Å². The Morgan fingerprint density at radius 2 is 1.48 bits per heavy atom. The molecule has 3 rings (SSSR count). The van der Waals surface area contributed by atoms with Crippen LogP contribution in [0.5, 0.6) is 5.75 Å². The molecule has 0 aliphatic heterocycles. The van der Waals surface area contributed by atoms with Gasteiger partial charge >= 0.3 is 5.97 Å². The van der Waals surface area contributed by atoms with Gasteiger partial charge in [0.1, 0.15) is 18.1 Å². The second kappa shape index (κ2) is 11.2. The van der Waals surface area contributed by atoms with Crippen molar-refractivity contribution in [3.05, 3.63) is 113 Å². The van der Waals surface area contributed by atoms with Gasteiger partial charge in [-0.3, -0.25) is 4.79 Å². The monoisotopic (exact) mass is 413 g/mol. The summed E-state index contributed by atoms with van der Waals surface area (Å²) in [6.07, 6.45) is 4.62. The Morgan fingerprint density at radius 1 is 0.839 bits per heavy atom. The Morgan fingerprint density at radius 3 is 2.13 bits per heavy atom. The van der Waals surface area contributed by atoms with Gasteiger partial charge in [0, 0.05) is 6.08 Å². The minimum Gasteiger partial charge on any atom is -0.497 e. The number of carbonyl (C=O) groups is 2. The second-order valence-corrected chi connectivity index (χ2v) is 6.63. The van der Waals surface area contributed by atoms with Gasteiger partial charge in [-0.2, -0.15) is 0 Å². The third kappa shape index (κ3) is 7.01. The predicted molar refractivity (Wildman–Crippen MR) is 121 cm³/mol. The molecule has 156 valence electrons. The van der Waals surface area contributed by atoms with Gasteiger partial charge in [0.2, 0.25) is 5.91 Å². The number of ether oxygens (including phenoxy) is 2. The first kappa shape index (κ1) is 21.6. The highest BCUT2D eigenvalue weighted by molar-refractivity contribution is 6.02. The smallest absolute Gasteiger partial charge is 0.355 e. The average molecular weight is 413 g/mol. The molecule has 0 aliphatic rings. The Hall–Kier alpha value is -4.12. The Labute approximate surface area is 181 Å². The van der Waals surface area contributed by atoms with Crippen molar-refractivity contribution in [2.75, 3.05) is 7.11 Å². The van der Waals surface area contributed by atoms with Crippen LogP contribution in [0.25, 0.3) is 12.2 Å². The maximum Gasteiger partial charge on any atom is 0.355 e. The lowest BCUT2D eigenvalue weighted by molar-refractivity contribution is -0.141. The van der Waals surface area contributed by atoms with Crippen LogP contribution in [0.1, 0.15) is 16.7 Å². The van der Waals surface area contributed by atoms with E-state index < -0.39 is 11.9 Å². The van der Waals surface area contributed by atoms with Gasteiger partial charge in [-0.1, -0.05) is 72.8 Å². The van der Waals surface area contributed by atoms with Gasteiger partial charge in [0.05, 0.1) is 7.11 Å². The van der Waals surface area contributed by atoms with Crippen LogP contribution in [0.2, 0.25) is 0 Å². The summed E-state index contributed by atoms with van der Waals surface area (Å²) in [6, 6.07) is 25.9. The van der Waals surface area contributed by atoms with E-state index in [4.69, 9.17) is 9.47 Å². The van der Waals surface area contributed by atoms with Crippen LogP contribution in [-0.4, -0.2) is 19.0 Å². The fourth-order valence-electron chi connectivity index (χ4n) is 2.72. The molecule has 0 bridgehead atoms. The van der Waals surface area contributed by atoms with Crippen molar-refractivity contribution in [3.63, 3.8) is 0 Å². The maximum absolute atomic E-state index is 12.7. The third-order valence-corrected chi connectivity index (χ3v) is 4.34. The number of esters is 1. The first-order chi connectivity index (χ1) is 15.1. The van der Waals surface area contributed by atoms with Gasteiger partial charge in [-0.15, -0.1) is 0 Å². The number of hydrogen-bond donors (Lipinski definition) is 1. The van der Waals surface area contributed by atoms with Gasteiger partial charge in [0.15, 0.2) is 0 Å². The minimum atomic E-state index is -0.624. The van der Waals surface area contributed by atoms with Crippen LogP contribution in [0.4, 0.5) is 0 Å². The SMILES string of the molecule is COc1ccc(/C=C(/NC(=O)/C=C/c2ccccc2)C(=O)OCc2ccccc2)cc1. The lowest BCUT2D eigenvalue weighted by Crippen LogP contribution is -2.27. The number of hydrogen-bond acceptors (Lipinski definition) is 4. The van der Waals surface area contributed by atoms with Crippen LogP contribution < -0.4 is 10.1 Å². The molecule has 3 aromatic carbocycles. The van der Waals surface area contributed by atoms with E-state index in [1.165, 1.54) is 6.08 Å². The van der Waals surface area contributed by atoms with Gasteiger partial charge in [-0.25, -0.2) is 4.79 Å². The summed E-state index contributed by atoms with van der Waals surface area (Å²) in [7, 11) is 1.58. The zero-order valence-corrected chi connectivity index (χ0v) is 17.2. The molecule has 0 aliphatic carbocycles. The van der Waals surface area contributed by atoms with Crippen molar-refractivity contribution < 1.29 is 19.1 Å². The quantitative estimate of drug-likeness (QED) is 0.433. The predicted octanol–water partition coefficient (Wildman–Crippen LogP) is 4.61. The van der Waals surface area contributed by atoms with Crippen molar-refractivity contribution >= 4 is 24.0 Å². The molecule has 0 unspecified atom stereocenters. The number of amides is 1. The summed E-state index contributed by atoms with van der Waals surface area (Å²) in [5.74, 6) is -0.360. The highest BCUT2D eigenvalue weighted by atomic mass is 16.5. The molecule has 0 atom stereocenters. The molecule has 0 aromatic heterocycles. The fraction of sp³-hybridized carbons (Fsp3) is 0.0769. The maximum atomic E-state index is 12.7. The van der Waals surface area contributed by atoms with E-state index in [0.29, 0.717) is 5.75 Å². The third-order valence-electron chi connectivity index (χ3n) is 4.34. The molecule has 0 radical (unpaired) electrons. The van der Waals surface area contributed by atoms with E-state index in [0.717, 1.165) is 16.7 Å². The first-order valence-corrected chi connectivity index (χ1v) is 9.75. The van der Waals surface area contributed by atoms with Crippen LogP contribution in [-0.2, 0) is 20.9 Å². The van der Waals surface area contributed by atoms with Crippen molar-refractivity contribution in [1.82, 2.24) is 5.32 Å². The molecule has 0 saturated heterocycles. The van der Waals surface area contributed by atoms with Crippen LogP contribution in [0, 0.1) is 0 Å². The van der Waals surface area contributed by atoms with E-state index in [1.807, 2.05) is 60.7 Å². The number of methoxy groups -OCH3 is 1. The first-order valence-electron chi connectivity index (χ1n) is 9.75. The standard InChI is InChI=1S/C26H23NO4/c1-30-23-15-12-21(13-16-23)18-24(26(29)31-19-22-10-6-3-7-11-22)27-25(28)17-14-20-8-4-2-5-9-20/h2-18H,19H2,1H3,(H,27,28)/b17-14+,24-18+. The molecule has 0 heterocycles. The van der Waals surface area contributed by atoms with Crippen molar-refractivity contribution in [3.8, 4) is 5.75 Å². The Bertz CT molecular complexity index is 1060. The Kier molecular flexibility index (Phi) is 7.77. The number of nitrogens with one attached hydrogen (secondary N) is 1. The van der Waals surface area contributed by atoms with E-state index >= 15 is 0 Å². The lowest BCUT2D eigenvalue weighted by Gasteiger charge is -2.10. The summed E-state index contributed by atoms with van der Waals surface area (Å²) < 4.78 is 10.6. The molecule has 1 N–H and O–H groups in total. The highest BCUT2D eigenvalue weighted by Gasteiger charge is 2.14. The number of carbonyl (C=O) groups excluding carboxylic acids is 2. The molecular formula is C26H23NO4. The molecule has 0 saturated carbocycles. The largest absolute Gasteiger partial charge is 0.497 e. The summed E-state index contributed by atoms with van der Waals surface area (Å²) in [4.78, 5) is 25.1. The second-order valence-electron chi connectivity index (χ2n) is 6.63. The lowest BCUT2D eigenvalue weighted by atomic mass is 10.1. The molecule has 1 amide bonds. The zero-order valence-electron chi connectivity index (χ0n) is 17.2. The van der Waals surface area contributed by atoms with E-state index in [1.54, 1.807) is 43.5 Å². The summed E-state index contributed by atoms with van der Waals surface area (Å²) in [6.45, 7) is 0.106. The van der Waals surface area contributed by atoms with Crippen LogP contribution in [0.3, 0.4) is 0 Å².